The molecule has 5 heteroatoms. The number of carbonyl (C=O) groups excluding carboxylic acids is 2. The summed E-state index contributed by atoms with van der Waals surface area (Å²) in [6.45, 7) is 2.25. The van der Waals surface area contributed by atoms with Crippen molar-refractivity contribution in [2.75, 3.05) is 4.90 Å². The molecule has 3 aromatic carbocycles. The molecule has 0 spiro atoms. The number of aliphatic hydroxyl groups is 1. The van der Waals surface area contributed by atoms with Crippen molar-refractivity contribution in [2.45, 2.75) is 25.5 Å². The number of rotatable bonds is 5. The number of Topliss-reactive ketones (excluding diaryl/α,β-unsaturated/α-hetero) is 1. The Labute approximate surface area is 177 Å². The highest BCUT2D eigenvalue weighted by Gasteiger charge is 2.50. The van der Waals surface area contributed by atoms with Crippen LogP contribution in [0.2, 0.25) is 0 Å². The molecule has 0 aromatic heterocycles. The number of anilines is 1. The molecular formula is C24H20BrNO3. The second kappa shape index (κ2) is 7.58. The Morgan fingerprint density at radius 2 is 1.66 bits per heavy atom. The predicted octanol–water partition coefficient (Wildman–Crippen LogP) is 4.76. The van der Waals surface area contributed by atoms with Gasteiger partial charge in [-0.1, -0.05) is 82.2 Å². The highest BCUT2D eigenvalue weighted by molar-refractivity contribution is 9.10. The number of nitrogens with zero attached hydrogens (tertiary/aromatic N) is 1. The number of benzene rings is 3. The molecule has 1 amide bonds. The summed E-state index contributed by atoms with van der Waals surface area (Å²) in [7, 11) is 0. The molecule has 29 heavy (non-hydrogen) atoms. The molecule has 1 heterocycles. The van der Waals surface area contributed by atoms with E-state index in [1.165, 1.54) is 0 Å². The van der Waals surface area contributed by atoms with Crippen LogP contribution in [0.25, 0.3) is 0 Å². The summed E-state index contributed by atoms with van der Waals surface area (Å²) < 4.78 is 0.886. The van der Waals surface area contributed by atoms with E-state index in [4.69, 9.17) is 0 Å². The zero-order valence-electron chi connectivity index (χ0n) is 15.9. The average Bonchev–Trinajstić information content (AvgIpc) is 2.92. The normalized spacial score (nSPS) is 18.0. The van der Waals surface area contributed by atoms with Crippen LogP contribution >= 0.6 is 15.9 Å². The number of amides is 1. The van der Waals surface area contributed by atoms with Crippen LogP contribution in [0.4, 0.5) is 5.69 Å². The standard InChI is InChI=1S/C24H20BrNO3/c1-16-10-12-17(13-11-16)22(27)14-24(29)19-7-3-5-9-21(19)26(23(24)28)15-18-6-2-4-8-20(18)25/h2-13,29H,14-15H2,1H3/t24-/m1/s1. The fourth-order valence-corrected chi connectivity index (χ4v) is 4.12. The molecule has 0 aliphatic carbocycles. The summed E-state index contributed by atoms with van der Waals surface area (Å²) in [5.74, 6) is -0.742. The maximum absolute atomic E-state index is 13.3. The molecule has 1 aliphatic heterocycles. The van der Waals surface area contributed by atoms with E-state index in [1.807, 2.05) is 49.4 Å². The second-order valence-electron chi connectivity index (χ2n) is 7.33. The number of fused-ring (bicyclic) bond motifs is 1. The molecular weight excluding hydrogens is 430 g/mol. The van der Waals surface area contributed by atoms with E-state index in [1.54, 1.807) is 35.2 Å². The SMILES string of the molecule is Cc1ccc(C(=O)C[C@]2(O)C(=O)N(Cc3ccccc3Br)c3ccccc32)cc1. The summed E-state index contributed by atoms with van der Waals surface area (Å²) in [4.78, 5) is 27.7. The zero-order valence-corrected chi connectivity index (χ0v) is 17.5. The first-order valence-electron chi connectivity index (χ1n) is 9.37. The summed E-state index contributed by atoms with van der Waals surface area (Å²) in [6.07, 6.45) is -0.293. The third kappa shape index (κ3) is 3.52. The molecule has 0 unspecified atom stereocenters. The molecule has 4 nitrogen and oxygen atoms in total. The lowest BCUT2D eigenvalue weighted by atomic mass is 9.88. The highest BCUT2D eigenvalue weighted by atomic mass is 79.9. The van der Waals surface area contributed by atoms with Gasteiger partial charge in [-0.25, -0.2) is 0 Å². The van der Waals surface area contributed by atoms with Crippen molar-refractivity contribution in [3.8, 4) is 0 Å². The van der Waals surface area contributed by atoms with Gasteiger partial charge in [-0.05, 0) is 24.6 Å². The molecule has 146 valence electrons. The Morgan fingerprint density at radius 3 is 2.38 bits per heavy atom. The zero-order chi connectivity index (χ0) is 20.6. The van der Waals surface area contributed by atoms with Gasteiger partial charge in [-0.3, -0.25) is 9.59 Å². The molecule has 4 rings (SSSR count). The molecule has 1 N–H and O–H groups in total. The van der Waals surface area contributed by atoms with Crippen LogP contribution in [0.15, 0.2) is 77.3 Å². The molecule has 3 aromatic rings. The third-order valence-corrected chi connectivity index (χ3v) is 6.09. The largest absolute Gasteiger partial charge is 0.375 e. The average molecular weight is 450 g/mol. The van der Waals surface area contributed by atoms with Crippen LogP contribution in [0.1, 0.15) is 33.5 Å². The van der Waals surface area contributed by atoms with Crippen LogP contribution in [0.5, 0.6) is 0 Å². The Bertz CT molecular complexity index is 1090. The summed E-state index contributed by atoms with van der Waals surface area (Å²) in [5, 5.41) is 11.4. The van der Waals surface area contributed by atoms with Crippen LogP contribution in [0.3, 0.4) is 0 Å². The number of halogens is 1. The number of para-hydroxylation sites is 1. The minimum Gasteiger partial charge on any atom is -0.375 e. The molecule has 1 aliphatic rings. The Hall–Kier alpha value is -2.76. The fourth-order valence-electron chi connectivity index (χ4n) is 3.71. The number of hydrogen-bond donors (Lipinski definition) is 1. The Kier molecular flexibility index (Phi) is 5.11. The van der Waals surface area contributed by atoms with Crippen molar-refractivity contribution in [1.82, 2.24) is 0 Å². The van der Waals surface area contributed by atoms with Gasteiger partial charge in [0.15, 0.2) is 11.4 Å². The van der Waals surface area contributed by atoms with Crippen molar-refractivity contribution in [3.63, 3.8) is 0 Å². The first kappa shape index (κ1) is 19.6. The van der Waals surface area contributed by atoms with Gasteiger partial charge in [-0.15, -0.1) is 0 Å². The monoisotopic (exact) mass is 449 g/mol. The van der Waals surface area contributed by atoms with Crippen molar-refractivity contribution in [3.05, 3.63) is 99.5 Å². The van der Waals surface area contributed by atoms with Gasteiger partial charge in [0, 0.05) is 15.6 Å². The van der Waals surface area contributed by atoms with Gasteiger partial charge < -0.3 is 10.0 Å². The van der Waals surface area contributed by atoms with Crippen LogP contribution in [-0.2, 0) is 16.9 Å². The van der Waals surface area contributed by atoms with Gasteiger partial charge in [0.2, 0.25) is 0 Å². The van der Waals surface area contributed by atoms with E-state index in [9.17, 15) is 14.7 Å². The van der Waals surface area contributed by atoms with Crippen LogP contribution in [0, 0.1) is 6.92 Å². The predicted molar refractivity (Wildman–Crippen MR) is 116 cm³/mol. The van der Waals surface area contributed by atoms with Gasteiger partial charge in [-0.2, -0.15) is 0 Å². The number of aryl methyl sites for hydroxylation is 1. The molecule has 0 bridgehead atoms. The minimum absolute atomic E-state index is 0.265. The first-order valence-corrected chi connectivity index (χ1v) is 10.2. The van der Waals surface area contributed by atoms with E-state index in [0.29, 0.717) is 23.4 Å². The molecule has 1 atom stereocenters. The third-order valence-electron chi connectivity index (χ3n) is 5.32. The van der Waals surface area contributed by atoms with Gasteiger partial charge >= 0.3 is 0 Å². The van der Waals surface area contributed by atoms with E-state index >= 15 is 0 Å². The molecule has 0 radical (unpaired) electrons. The molecule has 0 saturated carbocycles. The van der Waals surface area contributed by atoms with E-state index in [0.717, 1.165) is 15.6 Å². The van der Waals surface area contributed by atoms with E-state index < -0.39 is 11.5 Å². The topological polar surface area (TPSA) is 57.6 Å². The first-order chi connectivity index (χ1) is 13.9. The van der Waals surface area contributed by atoms with Gasteiger partial charge in [0.05, 0.1) is 18.7 Å². The maximum atomic E-state index is 13.3. The van der Waals surface area contributed by atoms with Crippen LogP contribution < -0.4 is 4.90 Å². The lowest BCUT2D eigenvalue weighted by Crippen LogP contribution is -2.41. The number of ketones is 1. The van der Waals surface area contributed by atoms with Crippen molar-refractivity contribution >= 4 is 33.3 Å². The van der Waals surface area contributed by atoms with Gasteiger partial charge in [0.25, 0.3) is 5.91 Å². The minimum atomic E-state index is -1.88. The van der Waals surface area contributed by atoms with Crippen molar-refractivity contribution < 1.29 is 14.7 Å². The smallest absolute Gasteiger partial charge is 0.264 e. The van der Waals surface area contributed by atoms with Crippen LogP contribution in [-0.4, -0.2) is 16.8 Å². The van der Waals surface area contributed by atoms with E-state index in [2.05, 4.69) is 15.9 Å². The second-order valence-corrected chi connectivity index (χ2v) is 8.18. The summed E-state index contributed by atoms with van der Waals surface area (Å²) in [5.41, 5.74) is 1.68. The highest BCUT2D eigenvalue weighted by Crippen LogP contribution is 2.43. The summed E-state index contributed by atoms with van der Waals surface area (Å²) in [6, 6.07) is 21.9. The summed E-state index contributed by atoms with van der Waals surface area (Å²) >= 11 is 3.51. The Morgan fingerprint density at radius 1 is 1.00 bits per heavy atom. The molecule has 0 saturated heterocycles. The maximum Gasteiger partial charge on any atom is 0.264 e. The quantitative estimate of drug-likeness (QED) is 0.570. The Balaban J connectivity index is 1.69. The lowest BCUT2D eigenvalue weighted by molar-refractivity contribution is -0.136. The van der Waals surface area contributed by atoms with Crippen molar-refractivity contribution in [1.29, 1.82) is 0 Å². The molecule has 0 fully saturated rings. The lowest BCUT2D eigenvalue weighted by Gasteiger charge is -2.23. The number of carbonyl (C=O) groups is 2. The number of hydrogen-bond acceptors (Lipinski definition) is 3. The van der Waals surface area contributed by atoms with Crippen molar-refractivity contribution in [2.24, 2.45) is 0 Å². The van der Waals surface area contributed by atoms with Gasteiger partial charge in [0.1, 0.15) is 0 Å². The fraction of sp³-hybridized carbons (Fsp3) is 0.167. The van der Waals surface area contributed by atoms with E-state index in [-0.39, 0.29) is 12.2 Å².